The third kappa shape index (κ3) is 3.10. The number of imidazole rings is 1. The number of H-pyrrole nitrogens is 1. The summed E-state index contributed by atoms with van der Waals surface area (Å²) in [4.78, 5) is 18.8. The Hall–Kier alpha value is -2.27. The van der Waals surface area contributed by atoms with Crippen LogP contribution in [0.15, 0.2) is 36.9 Å². The van der Waals surface area contributed by atoms with Crippen LogP contribution in [0.4, 0.5) is 0 Å². The second-order valence-corrected chi connectivity index (χ2v) is 6.38. The molecule has 4 rings (SSSR count). The van der Waals surface area contributed by atoms with Gasteiger partial charge in [0.2, 0.25) is 0 Å². The van der Waals surface area contributed by atoms with E-state index in [0.717, 1.165) is 42.1 Å². The summed E-state index contributed by atoms with van der Waals surface area (Å²) < 4.78 is 0. The zero-order valence-corrected chi connectivity index (χ0v) is 13.4. The van der Waals surface area contributed by atoms with E-state index in [9.17, 15) is 0 Å². The van der Waals surface area contributed by atoms with E-state index in [-0.39, 0.29) is 0 Å². The predicted molar refractivity (Wildman–Crippen MR) is 90.1 cm³/mol. The molecule has 0 unspecified atom stereocenters. The van der Waals surface area contributed by atoms with Crippen LogP contribution in [0.2, 0.25) is 0 Å². The molecular weight excluding hydrogens is 286 g/mol. The highest BCUT2D eigenvalue weighted by molar-refractivity contribution is 5.75. The van der Waals surface area contributed by atoms with Crippen molar-refractivity contribution >= 4 is 11.0 Å². The second kappa shape index (κ2) is 6.08. The van der Waals surface area contributed by atoms with Gasteiger partial charge >= 0.3 is 0 Å². The van der Waals surface area contributed by atoms with Crippen molar-refractivity contribution in [2.24, 2.45) is 0 Å². The minimum absolute atomic E-state index is 0.642. The molecule has 118 valence electrons. The van der Waals surface area contributed by atoms with Crippen LogP contribution < -0.4 is 0 Å². The zero-order chi connectivity index (χ0) is 15.6. The Morgan fingerprint density at radius 3 is 2.78 bits per heavy atom. The molecule has 0 amide bonds. The lowest BCUT2D eigenvalue weighted by Gasteiger charge is -2.31. The van der Waals surface area contributed by atoms with Crippen molar-refractivity contribution in [2.45, 2.75) is 32.2 Å². The van der Waals surface area contributed by atoms with E-state index in [1.165, 1.54) is 18.4 Å². The van der Waals surface area contributed by atoms with Crippen molar-refractivity contribution in [3.8, 4) is 0 Å². The van der Waals surface area contributed by atoms with E-state index in [4.69, 9.17) is 0 Å². The molecule has 5 nitrogen and oxygen atoms in total. The topological polar surface area (TPSA) is 57.7 Å². The summed E-state index contributed by atoms with van der Waals surface area (Å²) in [5.74, 6) is 0.642. The van der Waals surface area contributed by atoms with Crippen molar-refractivity contribution in [1.29, 1.82) is 0 Å². The first-order chi connectivity index (χ1) is 11.3. The summed E-state index contributed by atoms with van der Waals surface area (Å²) in [6.45, 7) is 5.10. The van der Waals surface area contributed by atoms with Crippen LogP contribution in [0.5, 0.6) is 0 Å². The molecule has 1 aliphatic heterocycles. The Balaban J connectivity index is 1.39. The molecule has 1 fully saturated rings. The van der Waals surface area contributed by atoms with Crippen LogP contribution in [0.1, 0.15) is 35.7 Å². The van der Waals surface area contributed by atoms with Gasteiger partial charge in [-0.1, -0.05) is 6.07 Å². The first kappa shape index (κ1) is 14.3. The monoisotopic (exact) mass is 307 g/mol. The van der Waals surface area contributed by atoms with Crippen LogP contribution in [-0.2, 0) is 6.54 Å². The van der Waals surface area contributed by atoms with Crippen molar-refractivity contribution < 1.29 is 0 Å². The average molecular weight is 307 g/mol. The highest BCUT2D eigenvalue weighted by Crippen LogP contribution is 2.29. The van der Waals surface area contributed by atoms with Gasteiger partial charge in [-0.3, -0.25) is 14.9 Å². The highest BCUT2D eigenvalue weighted by atomic mass is 15.1. The number of nitrogens with zero attached hydrogens (tertiary/aromatic N) is 4. The number of fused-ring (bicyclic) bond motifs is 1. The van der Waals surface area contributed by atoms with Crippen molar-refractivity contribution in [2.75, 3.05) is 13.1 Å². The van der Waals surface area contributed by atoms with Gasteiger partial charge in [0.15, 0.2) is 0 Å². The molecule has 0 spiro atoms. The Morgan fingerprint density at radius 1 is 1.13 bits per heavy atom. The first-order valence-electron chi connectivity index (χ1n) is 8.21. The van der Waals surface area contributed by atoms with Gasteiger partial charge in [0.05, 0.1) is 28.7 Å². The number of rotatable bonds is 3. The van der Waals surface area contributed by atoms with E-state index in [1.807, 2.05) is 19.3 Å². The minimum Gasteiger partial charge on any atom is -0.345 e. The van der Waals surface area contributed by atoms with Gasteiger partial charge in [-0.25, -0.2) is 4.98 Å². The molecule has 23 heavy (non-hydrogen) atoms. The van der Waals surface area contributed by atoms with E-state index < -0.39 is 0 Å². The largest absolute Gasteiger partial charge is 0.345 e. The number of benzene rings is 1. The van der Waals surface area contributed by atoms with Gasteiger partial charge in [0.1, 0.15) is 0 Å². The molecule has 0 bridgehead atoms. The summed E-state index contributed by atoms with van der Waals surface area (Å²) in [6, 6.07) is 6.61. The minimum atomic E-state index is 0.642. The fraction of sp³-hybridized carbons (Fsp3) is 0.389. The van der Waals surface area contributed by atoms with E-state index in [1.54, 1.807) is 6.33 Å². The fourth-order valence-corrected chi connectivity index (χ4v) is 3.36. The Bertz CT molecular complexity index is 785. The zero-order valence-electron chi connectivity index (χ0n) is 13.4. The quantitative estimate of drug-likeness (QED) is 0.808. The van der Waals surface area contributed by atoms with E-state index in [0.29, 0.717) is 5.92 Å². The molecule has 1 aromatic carbocycles. The van der Waals surface area contributed by atoms with Gasteiger partial charge in [-0.05, 0) is 56.5 Å². The lowest BCUT2D eigenvalue weighted by Crippen LogP contribution is -2.32. The number of likely N-dealkylation sites (tertiary alicyclic amines) is 1. The number of aromatic nitrogens is 4. The maximum atomic E-state index is 4.46. The normalized spacial score (nSPS) is 16.9. The predicted octanol–water partition coefficient (Wildman–Crippen LogP) is 3.04. The molecule has 5 heteroatoms. The molecule has 1 saturated heterocycles. The molecule has 0 aliphatic carbocycles. The molecule has 2 aromatic heterocycles. The average Bonchev–Trinajstić information content (AvgIpc) is 3.05. The van der Waals surface area contributed by atoms with Crippen LogP contribution in [-0.4, -0.2) is 37.9 Å². The maximum absolute atomic E-state index is 4.46. The third-order valence-corrected chi connectivity index (χ3v) is 4.72. The van der Waals surface area contributed by atoms with Crippen molar-refractivity contribution in [3.05, 3.63) is 53.9 Å². The summed E-state index contributed by atoms with van der Waals surface area (Å²) in [5, 5.41) is 0. The fourth-order valence-electron chi connectivity index (χ4n) is 3.36. The van der Waals surface area contributed by atoms with Crippen molar-refractivity contribution in [3.63, 3.8) is 0 Å². The van der Waals surface area contributed by atoms with Gasteiger partial charge in [-0.15, -0.1) is 0 Å². The molecule has 0 radical (unpaired) electrons. The molecular formula is C18H21N5. The van der Waals surface area contributed by atoms with E-state index >= 15 is 0 Å². The van der Waals surface area contributed by atoms with Crippen LogP contribution in [0, 0.1) is 6.92 Å². The molecule has 3 aromatic rings. The standard InChI is InChI=1S/C18H21N5/c1-13-9-20-16(10-19-13)11-23-6-4-14(5-7-23)15-2-3-17-18(8-15)22-12-21-17/h2-3,8-10,12,14H,4-7,11H2,1H3,(H,21,22). The summed E-state index contributed by atoms with van der Waals surface area (Å²) >= 11 is 0. The second-order valence-electron chi connectivity index (χ2n) is 6.38. The smallest absolute Gasteiger partial charge is 0.0931 e. The van der Waals surface area contributed by atoms with Crippen LogP contribution in [0.3, 0.4) is 0 Å². The number of nitrogens with one attached hydrogen (secondary N) is 1. The first-order valence-corrected chi connectivity index (χ1v) is 8.21. The Morgan fingerprint density at radius 2 is 2.00 bits per heavy atom. The number of hydrogen-bond donors (Lipinski definition) is 1. The molecule has 1 aliphatic rings. The maximum Gasteiger partial charge on any atom is 0.0931 e. The summed E-state index contributed by atoms with van der Waals surface area (Å²) in [5.41, 5.74) is 5.65. The summed E-state index contributed by atoms with van der Waals surface area (Å²) in [7, 11) is 0. The lowest BCUT2D eigenvalue weighted by atomic mass is 9.89. The Kier molecular flexibility index (Phi) is 3.79. The Labute approximate surface area is 135 Å². The van der Waals surface area contributed by atoms with Gasteiger partial charge in [0.25, 0.3) is 0 Å². The number of piperidine rings is 1. The number of hydrogen-bond acceptors (Lipinski definition) is 4. The number of aromatic amines is 1. The van der Waals surface area contributed by atoms with Gasteiger partial charge in [-0.2, -0.15) is 0 Å². The highest BCUT2D eigenvalue weighted by Gasteiger charge is 2.21. The molecule has 3 heterocycles. The van der Waals surface area contributed by atoms with Crippen LogP contribution >= 0.6 is 0 Å². The molecule has 1 N–H and O–H groups in total. The third-order valence-electron chi connectivity index (χ3n) is 4.72. The van der Waals surface area contributed by atoms with Crippen molar-refractivity contribution in [1.82, 2.24) is 24.8 Å². The SMILES string of the molecule is Cc1cnc(CN2CCC(c3ccc4nc[nH]c4c3)CC2)cn1. The number of aryl methyl sites for hydroxylation is 1. The van der Waals surface area contributed by atoms with Crippen LogP contribution in [0.25, 0.3) is 11.0 Å². The van der Waals surface area contributed by atoms with Gasteiger partial charge < -0.3 is 4.98 Å². The molecule has 0 atom stereocenters. The molecule has 0 saturated carbocycles. The van der Waals surface area contributed by atoms with E-state index in [2.05, 4.69) is 43.0 Å². The summed E-state index contributed by atoms with van der Waals surface area (Å²) in [6.07, 6.45) is 7.90. The lowest BCUT2D eigenvalue weighted by molar-refractivity contribution is 0.202. The van der Waals surface area contributed by atoms with Gasteiger partial charge in [0, 0.05) is 18.9 Å².